The van der Waals surface area contributed by atoms with Crippen molar-refractivity contribution in [2.75, 3.05) is 37.7 Å². The zero-order chi connectivity index (χ0) is 31.3. The zero-order valence-electron chi connectivity index (χ0n) is 27.4. The third-order valence-electron chi connectivity index (χ3n) is 8.75. The molecule has 3 amide bonds. The molecule has 5 atom stereocenters. The summed E-state index contributed by atoms with van der Waals surface area (Å²) in [7, 11) is 0. The monoisotopic (exact) mass is 612 g/mol. The topological polar surface area (TPSA) is 120 Å². The lowest BCUT2D eigenvalue weighted by Gasteiger charge is -2.33. The largest absolute Gasteiger partial charge is 0.444 e. The van der Waals surface area contributed by atoms with Crippen molar-refractivity contribution in [2.24, 2.45) is 23.7 Å². The molecular formula is C32H60N4O5S. The fourth-order valence-corrected chi connectivity index (χ4v) is 6.92. The van der Waals surface area contributed by atoms with Crippen molar-refractivity contribution >= 4 is 29.7 Å². The molecular weight excluding hydrogens is 552 g/mol. The predicted molar refractivity (Wildman–Crippen MR) is 171 cm³/mol. The standard InChI is InChI=1S/C32H60N4O5S/c1-8-23(4)28(33-14-15-36-16-18-42-19-17-36)30(39)35-29(38)25(22(2)3)21-27(37)26(20-24-12-10-9-11-13-24)34-31(40)41-32(5,6)7/h22-28,33,37H,8-21H2,1-7H3,(H,34,40)(H,35,38,39)/t23-,25-,26-,27-,28-/m0/s1. The zero-order valence-corrected chi connectivity index (χ0v) is 28.2. The number of nitrogens with one attached hydrogen (secondary N) is 3. The lowest BCUT2D eigenvalue weighted by Crippen LogP contribution is -2.53. The molecule has 0 spiro atoms. The van der Waals surface area contributed by atoms with Crippen molar-refractivity contribution < 1.29 is 24.2 Å². The Balaban J connectivity index is 2.05. The highest BCUT2D eigenvalue weighted by atomic mass is 32.2. The van der Waals surface area contributed by atoms with Gasteiger partial charge in [0.05, 0.1) is 18.2 Å². The van der Waals surface area contributed by atoms with Crippen molar-refractivity contribution in [2.45, 2.75) is 124 Å². The van der Waals surface area contributed by atoms with E-state index in [-0.39, 0.29) is 30.1 Å². The maximum atomic E-state index is 13.5. The van der Waals surface area contributed by atoms with Gasteiger partial charge in [0.15, 0.2) is 0 Å². The van der Waals surface area contributed by atoms with E-state index in [0.29, 0.717) is 18.9 Å². The molecule has 0 radical (unpaired) electrons. The highest BCUT2D eigenvalue weighted by Gasteiger charge is 2.34. The van der Waals surface area contributed by atoms with E-state index in [0.717, 1.165) is 63.2 Å². The van der Waals surface area contributed by atoms with Crippen molar-refractivity contribution in [1.29, 1.82) is 0 Å². The normalized spacial score (nSPS) is 20.8. The number of nitrogens with zero attached hydrogens (tertiary/aromatic N) is 1. The minimum absolute atomic E-state index is 0.0655. The van der Waals surface area contributed by atoms with E-state index in [4.69, 9.17) is 4.74 Å². The van der Waals surface area contributed by atoms with Gasteiger partial charge in [-0.2, -0.15) is 11.8 Å². The lowest BCUT2D eigenvalue weighted by molar-refractivity contribution is -0.136. The molecule has 0 aromatic rings. The van der Waals surface area contributed by atoms with E-state index in [1.807, 2.05) is 60.2 Å². The summed E-state index contributed by atoms with van der Waals surface area (Å²) in [6.07, 6.45) is 5.77. The molecule has 1 saturated carbocycles. The quantitative estimate of drug-likeness (QED) is 0.212. The van der Waals surface area contributed by atoms with Crippen LogP contribution in [0.3, 0.4) is 0 Å². The summed E-state index contributed by atoms with van der Waals surface area (Å²) < 4.78 is 5.49. The number of hydrogen-bond acceptors (Lipinski definition) is 8. The Bertz CT molecular complexity index is 824. The molecule has 1 aliphatic heterocycles. The predicted octanol–water partition coefficient (Wildman–Crippen LogP) is 4.57. The number of ether oxygens (including phenoxy) is 1. The minimum Gasteiger partial charge on any atom is -0.444 e. The van der Waals surface area contributed by atoms with Crippen LogP contribution >= 0.6 is 11.8 Å². The molecule has 0 bridgehead atoms. The van der Waals surface area contributed by atoms with Gasteiger partial charge in [0, 0.05) is 43.6 Å². The van der Waals surface area contributed by atoms with Crippen molar-refractivity contribution in [1.82, 2.24) is 20.9 Å². The van der Waals surface area contributed by atoms with Gasteiger partial charge in [0.1, 0.15) is 5.60 Å². The molecule has 1 aliphatic carbocycles. The molecule has 10 heteroatoms. The van der Waals surface area contributed by atoms with Crippen molar-refractivity contribution in [3.05, 3.63) is 0 Å². The number of aliphatic hydroxyl groups is 1. The van der Waals surface area contributed by atoms with E-state index < -0.39 is 35.8 Å². The second-order valence-electron chi connectivity index (χ2n) is 13.8. The van der Waals surface area contributed by atoms with Crippen LogP contribution in [-0.2, 0) is 14.3 Å². The van der Waals surface area contributed by atoms with E-state index in [1.54, 1.807) is 0 Å². The summed E-state index contributed by atoms with van der Waals surface area (Å²) in [6, 6.07) is -1.00. The number of carbonyl (C=O) groups excluding carboxylic acids is 3. The van der Waals surface area contributed by atoms with Crippen LogP contribution in [0.5, 0.6) is 0 Å². The van der Waals surface area contributed by atoms with Crippen LogP contribution in [0.4, 0.5) is 4.79 Å². The SMILES string of the molecule is CC[C@H](C)[C@H](NCCN1CCSCC1)C(=O)NC(=O)[C@@H](C[C@H](O)[C@H](CC1CCCCC1)NC(=O)OC(C)(C)C)C(C)C. The average molecular weight is 613 g/mol. The number of amides is 3. The van der Waals surface area contributed by atoms with Gasteiger partial charge in [0.2, 0.25) is 11.8 Å². The van der Waals surface area contributed by atoms with Gasteiger partial charge in [0.25, 0.3) is 0 Å². The fourth-order valence-electron chi connectivity index (χ4n) is 5.94. The molecule has 2 rings (SSSR count). The Morgan fingerprint density at radius 2 is 1.67 bits per heavy atom. The summed E-state index contributed by atoms with van der Waals surface area (Å²) in [4.78, 5) is 42.0. The fraction of sp³-hybridized carbons (Fsp3) is 0.906. The number of carbonyl (C=O) groups is 3. The Kier molecular flexibility index (Phi) is 16.2. The first-order valence-corrected chi connectivity index (χ1v) is 17.5. The molecule has 0 aromatic carbocycles. The summed E-state index contributed by atoms with van der Waals surface area (Å²) in [5, 5.41) is 20.4. The van der Waals surface area contributed by atoms with Gasteiger partial charge in [-0.15, -0.1) is 0 Å². The number of hydrogen-bond donors (Lipinski definition) is 4. The Morgan fingerprint density at radius 3 is 2.24 bits per heavy atom. The van der Waals surface area contributed by atoms with Crippen LogP contribution in [-0.4, -0.2) is 89.4 Å². The van der Waals surface area contributed by atoms with Gasteiger partial charge in [-0.1, -0.05) is 66.2 Å². The maximum Gasteiger partial charge on any atom is 0.407 e. The van der Waals surface area contributed by atoms with Gasteiger partial charge >= 0.3 is 6.09 Å². The number of imide groups is 1. The van der Waals surface area contributed by atoms with Crippen molar-refractivity contribution in [3.63, 3.8) is 0 Å². The van der Waals surface area contributed by atoms with Crippen molar-refractivity contribution in [3.8, 4) is 0 Å². The first kappa shape index (κ1) is 36.8. The molecule has 1 heterocycles. The van der Waals surface area contributed by atoms with Crippen LogP contribution in [0.2, 0.25) is 0 Å². The smallest absolute Gasteiger partial charge is 0.407 e. The van der Waals surface area contributed by atoms with Crippen LogP contribution in [0, 0.1) is 23.7 Å². The van der Waals surface area contributed by atoms with Crippen LogP contribution < -0.4 is 16.0 Å². The van der Waals surface area contributed by atoms with Crippen LogP contribution in [0.15, 0.2) is 0 Å². The Morgan fingerprint density at radius 1 is 1.02 bits per heavy atom. The van der Waals surface area contributed by atoms with E-state index in [2.05, 4.69) is 20.9 Å². The van der Waals surface area contributed by atoms with Crippen LogP contribution in [0.1, 0.15) is 99.8 Å². The summed E-state index contributed by atoms with van der Waals surface area (Å²) >= 11 is 1.97. The molecule has 4 N–H and O–H groups in total. The number of thioether (sulfide) groups is 1. The van der Waals surface area contributed by atoms with E-state index in [9.17, 15) is 19.5 Å². The van der Waals surface area contributed by atoms with Crippen LogP contribution in [0.25, 0.3) is 0 Å². The second kappa shape index (κ2) is 18.4. The second-order valence-corrected chi connectivity index (χ2v) is 15.0. The molecule has 244 valence electrons. The molecule has 0 aromatic heterocycles. The molecule has 1 saturated heterocycles. The number of rotatable bonds is 15. The summed E-state index contributed by atoms with van der Waals surface area (Å²) in [5.41, 5.74) is -0.655. The van der Waals surface area contributed by atoms with Gasteiger partial charge in [-0.25, -0.2) is 4.79 Å². The average Bonchev–Trinajstić information content (AvgIpc) is 2.93. The van der Waals surface area contributed by atoms with E-state index >= 15 is 0 Å². The summed E-state index contributed by atoms with van der Waals surface area (Å²) in [6.45, 7) is 17.1. The maximum absolute atomic E-state index is 13.5. The molecule has 2 aliphatic rings. The number of aliphatic hydroxyl groups excluding tert-OH is 1. The third-order valence-corrected chi connectivity index (χ3v) is 9.70. The first-order chi connectivity index (χ1) is 19.8. The summed E-state index contributed by atoms with van der Waals surface area (Å²) in [5.74, 6) is 1.39. The highest BCUT2D eigenvalue weighted by Crippen LogP contribution is 2.30. The molecule has 42 heavy (non-hydrogen) atoms. The van der Waals surface area contributed by atoms with Gasteiger partial charge in [-0.05, 0) is 51.4 Å². The lowest BCUT2D eigenvalue weighted by atomic mass is 9.81. The first-order valence-electron chi connectivity index (χ1n) is 16.4. The molecule has 0 unspecified atom stereocenters. The third kappa shape index (κ3) is 13.5. The Labute approximate surface area is 259 Å². The Hall–Kier alpha value is -1.36. The molecule has 9 nitrogen and oxygen atoms in total. The minimum atomic E-state index is -0.945. The van der Waals surface area contributed by atoms with E-state index in [1.165, 1.54) is 6.42 Å². The highest BCUT2D eigenvalue weighted by molar-refractivity contribution is 7.99. The van der Waals surface area contributed by atoms with Gasteiger partial charge < -0.3 is 25.4 Å². The van der Waals surface area contributed by atoms with Gasteiger partial charge in [-0.3, -0.25) is 14.9 Å². The molecule has 2 fully saturated rings. The number of alkyl carbamates (subject to hydrolysis) is 1.